The topological polar surface area (TPSA) is 44.9 Å². The fraction of sp³-hybridized carbons (Fsp3) is 0.308. The highest BCUT2D eigenvalue weighted by Crippen LogP contribution is 2.32. The third-order valence-electron chi connectivity index (χ3n) is 3.33. The molecule has 2 aromatic rings. The molecule has 0 bridgehead atoms. The number of carbonyl (C=O) groups excluding carboxylic acids is 1. The Hall–Kier alpha value is -1.77. The van der Waals surface area contributed by atoms with Crippen molar-refractivity contribution in [1.82, 2.24) is 10.3 Å². The number of carbonyl (C=O) groups is 1. The summed E-state index contributed by atoms with van der Waals surface area (Å²) in [6, 6.07) is 8.27. The number of nitrogens with one attached hydrogen (secondary N) is 2. The number of aromatic nitrogens is 1. The molecule has 1 atom stereocenters. The molecule has 0 spiro atoms. The Morgan fingerprint density at radius 1 is 1.31 bits per heavy atom. The maximum atomic E-state index is 11.3. The third-order valence-corrected chi connectivity index (χ3v) is 3.33. The van der Waals surface area contributed by atoms with Gasteiger partial charge in [0.1, 0.15) is 0 Å². The zero-order valence-electron chi connectivity index (χ0n) is 9.21. The van der Waals surface area contributed by atoms with Gasteiger partial charge in [-0.15, -0.1) is 0 Å². The molecular formula is C13H14N2O. The van der Waals surface area contributed by atoms with Crippen molar-refractivity contribution < 1.29 is 4.79 Å². The summed E-state index contributed by atoms with van der Waals surface area (Å²) in [4.78, 5) is 14.7. The van der Waals surface area contributed by atoms with Gasteiger partial charge in [-0.3, -0.25) is 4.79 Å². The zero-order valence-corrected chi connectivity index (χ0v) is 9.21. The van der Waals surface area contributed by atoms with Crippen molar-refractivity contribution in [1.29, 1.82) is 0 Å². The molecule has 1 aromatic heterocycles. The maximum Gasteiger partial charge on any atom is 0.220 e. The molecule has 1 amide bonds. The predicted octanol–water partition coefficient (Wildman–Crippen LogP) is 2.08. The highest BCUT2D eigenvalue weighted by Gasteiger charge is 2.26. The van der Waals surface area contributed by atoms with Gasteiger partial charge >= 0.3 is 0 Å². The Morgan fingerprint density at radius 3 is 2.88 bits per heavy atom. The molecule has 1 aromatic carbocycles. The Bertz CT molecular complexity index is 556. The summed E-state index contributed by atoms with van der Waals surface area (Å²) in [6.07, 6.45) is 0.614. The Balaban J connectivity index is 2.15. The lowest BCUT2D eigenvalue weighted by Gasteiger charge is -2.07. The van der Waals surface area contributed by atoms with E-state index >= 15 is 0 Å². The number of H-pyrrole nitrogens is 1. The van der Waals surface area contributed by atoms with Crippen LogP contribution >= 0.6 is 0 Å². The van der Waals surface area contributed by atoms with Crippen molar-refractivity contribution in [2.45, 2.75) is 19.3 Å². The van der Waals surface area contributed by atoms with Gasteiger partial charge in [-0.05, 0) is 18.6 Å². The Kier molecular flexibility index (Phi) is 1.99. The number of hydrogen-bond donors (Lipinski definition) is 2. The minimum Gasteiger partial charge on any atom is -0.358 e. The average molecular weight is 214 g/mol. The number of amides is 1. The quantitative estimate of drug-likeness (QED) is 0.750. The molecule has 1 unspecified atom stereocenters. The van der Waals surface area contributed by atoms with Crippen LogP contribution in [0, 0.1) is 6.92 Å². The van der Waals surface area contributed by atoms with E-state index in [0.717, 1.165) is 12.1 Å². The van der Waals surface area contributed by atoms with Gasteiger partial charge < -0.3 is 10.3 Å². The standard InChI is InChI=1S/C13H14N2O/c1-8-13(9-6-12(16)14-7-9)10-4-2-3-5-11(10)15-8/h2-5,9,15H,6-7H2,1H3,(H,14,16). The predicted molar refractivity (Wildman–Crippen MR) is 63.4 cm³/mol. The average Bonchev–Trinajstić information content (AvgIpc) is 2.80. The van der Waals surface area contributed by atoms with Gasteiger partial charge in [-0.1, -0.05) is 18.2 Å². The van der Waals surface area contributed by atoms with Crippen LogP contribution in [0.3, 0.4) is 0 Å². The monoisotopic (exact) mass is 214 g/mol. The number of aromatic amines is 1. The summed E-state index contributed by atoms with van der Waals surface area (Å²) < 4.78 is 0. The number of rotatable bonds is 1. The van der Waals surface area contributed by atoms with E-state index in [2.05, 4.69) is 29.4 Å². The lowest BCUT2D eigenvalue weighted by molar-refractivity contribution is -0.119. The highest BCUT2D eigenvalue weighted by atomic mass is 16.1. The van der Waals surface area contributed by atoms with E-state index < -0.39 is 0 Å². The summed E-state index contributed by atoms with van der Waals surface area (Å²) in [5, 5.41) is 4.15. The third kappa shape index (κ3) is 1.32. The van der Waals surface area contributed by atoms with Gasteiger partial charge in [-0.25, -0.2) is 0 Å². The molecule has 0 radical (unpaired) electrons. The molecule has 3 rings (SSSR count). The minimum absolute atomic E-state index is 0.162. The smallest absolute Gasteiger partial charge is 0.220 e. The molecular weight excluding hydrogens is 200 g/mol. The minimum atomic E-state index is 0.162. The van der Waals surface area contributed by atoms with E-state index in [9.17, 15) is 4.79 Å². The Morgan fingerprint density at radius 2 is 2.12 bits per heavy atom. The van der Waals surface area contributed by atoms with Crippen LogP contribution in [0.15, 0.2) is 24.3 Å². The second-order valence-corrected chi connectivity index (χ2v) is 4.41. The first kappa shape index (κ1) is 9.46. The fourth-order valence-electron chi connectivity index (χ4n) is 2.63. The first-order valence-corrected chi connectivity index (χ1v) is 5.59. The van der Waals surface area contributed by atoms with Crippen molar-refractivity contribution in [3.05, 3.63) is 35.5 Å². The van der Waals surface area contributed by atoms with Crippen LogP contribution in [0.4, 0.5) is 0 Å². The SMILES string of the molecule is Cc1[nH]c2ccccc2c1C1CNC(=O)C1. The maximum absolute atomic E-state index is 11.3. The second-order valence-electron chi connectivity index (χ2n) is 4.41. The molecule has 0 saturated carbocycles. The molecule has 1 aliphatic rings. The van der Waals surface area contributed by atoms with E-state index in [1.54, 1.807) is 0 Å². The van der Waals surface area contributed by atoms with E-state index in [4.69, 9.17) is 0 Å². The molecule has 0 aliphatic carbocycles. The van der Waals surface area contributed by atoms with Gasteiger partial charge in [0, 0.05) is 35.5 Å². The van der Waals surface area contributed by atoms with Gasteiger partial charge in [0.25, 0.3) is 0 Å². The number of aryl methyl sites for hydroxylation is 1. The zero-order chi connectivity index (χ0) is 11.1. The first-order valence-electron chi connectivity index (χ1n) is 5.59. The molecule has 3 heteroatoms. The summed E-state index contributed by atoms with van der Waals surface area (Å²) in [5.41, 5.74) is 3.64. The lowest BCUT2D eigenvalue weighted by Crippen LogP contribution is -2.13. The lowest BCUT2D eigenvalue weighted by atomic mass is 9.95. The van der Waals surface area contributed by atoms with Crippen LogP contribution < -0.4 is 5.32 Å². The second kappa shape index (κ2) is 3.37. The highest BCUT2D eigenvalue weighted by molar-refractivity contribution is 5.87. The van der Waals surface area contributed by atoms with E-state index in [0.29, 0.717) is 12.3 Å². The number of benzene rings is 1. The summed E-state index contributed by atoms with van der Waals surface area (Å²) in [5.74, 6) is 0.485. The van der Waals surface area contributed by atoms with Gasteiger partial charge in [0.15, 0.2) is 0 Å². The fourth-order valence-corrected chi connectivity index (χ4v) is 2.63. The van der Waals surface area contributed by atoms with Crippen LogP contribution in [0.2, 0.25) is 0 Å². The van der Waals surface area contributed by atoms with Crippen LogP contribution in [0.1, 0.15) is 23.6 Å². The molecule has 1 saturated heterocycles. The molecule has 82 valence electrons. The van der Waals surface area contributed by atoms with Crippen LogP contribution in [0.5, 0.6) is 0 Å². The first-order chi connectivity index (χ1) is 7.75. The number of hydrogen-bond acceptors (Lipinski definition) is 1. The molecule has 1 fully saturated rings. The number of para-hydroxylation sites is 1. The molecule has 16 heavy (non-hydrogen) atoms. The van der Waals surface area contributed by atoms with Crippen LogP contribution in [0.25, 0.3) is 10.9 Å². The molecule has 1 aliphatic heterocycles. The number of fused-ring (bicyclic) bond motifs is 1. The largest absolute Gasteiger partial charge is 0.358 e. The molecule has 3 nitrogen and oxygen atoms in total. The van der Waals surface area contributed by atoms with Crippen molar-refractivity contribution in [2.75, 3.05) is 6.54 Å². The van der Waals surface area contributed by atoms with Crippen molar-refractivity contribution in [3.8, 4) is 0 Å². The van der Waals surface area contributed by atoms with E-state index in [1.165, 1.54) is 16.6 Å². The van der Waals surface area contributed by atoms with E-state index in [1.807, 2.05) is 12.1 Å². The van der Waals surface area contributed by atoms with Crippen LogP contribution in [-0.4, -0.2) is 17.4 Å². The summed E-state index contributed by atoms with van der Waals surface area (Å²) in [7, 11) is 0. The van der Waals surface area contributed by atoms with Gasteiger partial charge in [0.2, 0.25) is 5.91 Å². The molecule has 2 N–H and O–H groups in total. The van der Waals surface area contributed by atoms with Crippen molar-refractivity contribution in [3.63, 3.8) is 0 Å². The van der Waals surface area contributed by atoms with E-state index in [-0.39, 0.29) is 5.91 Å². The van der Waals surface area contributed by atoms with Crippen molar-refractivity contribution >= 4 is 16.8 Å². The Labute approximate surface area is 93.9 Å². The van der Waals surface area contributed by atoms with Gasteiger partial charge in [-0.2, -0.15) is 0 Å². The molecule has 2 heterocycles. The van der Waals surface area contributed by atoms with Crippen LogP contribution in [-0.2, 0) is 4.79 Å². The van der Waals surface area contributed by atoms with Gasteiger partial charge in [0.05, 0.1) is 0 Å². The summed E-state index contributed by atoms with van der Waals surface area (Å²) >= 11 is 0. The van der Waals surface area contributed by atoms with Crippen molar-refractivity contribution in [2.24, 2.45) is 0 Å². The normalized spacial score (nSPS) is 20.3. The summed E-state index contributed by atoms with van der Waals surface area (Å²) in [6.45, 7) is 2.85.